The molecule has 0 bridgehead atoms. The minimum atomic E-state index is -0.697. The van der Waals surface area contributed by atoms with Crippen molar-refractivity contribution in [2.45, 2.75) is 18.4 Å². The quantitative estimate of drug-likeness (QED) is 0.793. The lowest BCUT2D eigenvalue weighted by molar-refractivity contribution is -0.0277. The molecule has 0 spiro atoms. The molecule has 0 aromatic heterocycles. The SMILES string of the molecule is CN1CCCC(O)(c2ccc(Cl)cc2)C1. The van der Waals surface area contributed by atoms with Crippen LogP contribution >= 0.6 is 11.6 Å². The minimum Gasteiger partial charge on any atom is -0.384 e. The number of nitrogens with zero attached hydrogens (tertiary/aromatic N) is 1. The fraction of sp³-hybridized carbons (Fsp3) is 0.500. The number of benzene rings is 1. The lowest BCUT2D eigenvalue weighted by Gasteiger charge is -2.37. The molecule has 2 nitrogen and oxygen atoms in total. The van der Waals surface area contributed by atoms with Gasteiger partial charge in [0, 0.05) is 11.6 Å². The molecule has 1 aliphatic heterocycles. The first-order valence-electron chi connectivity index (χ1n) is 5.27. The van der Waals surface area contributed by atoms with Crippen LogP contribution in [0.25, 0.3) is 0 Å². The maximum Gasteiger partial charge on any atom is 0.102 e. The molecule has 82 valence electrons. The number of hydrogen-bond donors (Lipinski definition) is 1. The molecule has 0 saturated carbocycles. The van der Waals surface area contributed by atoms with E-state index in [0.717, 1.165) is 24.9 Å². The highest BCUT2D eigenvalue weighted by Gasteiger charge is 2.33. The lowest BCUT2D eigenvalue weighted by Crippen LogP contribution is -2.44. The second-order valence-corrected chi connectivity index (χ2v) is 4.82. The van der Waals surface area contributed by atoms with Crippen LogP contribution in [0.5, 0.6) is 0 Å². The Labute approximate surface area is 95.5 Å². The fourth-order valence-electron chi connectivity index (χ4n) is 2.24. The number of rotatable bonds is 1. The molecule has 1 aliphatic rings. The van der Waals surface area contributed by atoms with Gasteiger partial charge in [0.1, 0.15) is 5.60 Å². The molecule has 0 radical (unpaired) electrons. The van der Waals surface area contributed by atoms with Crippen LogP contribution in [-0.4, -0.2) is 30.1 Å². The van der Waals surface area contributed by atoms with E-state index in [1.165, 1.54) is 0 Å². The number of aliphatic hydroxyl groups is 1. The summed E-state index contributed by atoms with van der Waals surface area (Å²) in [5, 5.41) is 11.2. The zero-order chi connectivity index (χ0) is 10.9. The Kier molecular flexibility index (Phi) is 3.01. The van der Waals surface area contributed by atoms with Crippen molar-refractivity contribution in [3.05, 3.63) is 34.9 Å². The predicted molar refractivity (Wildman–Crippen MR) is 62.1 cm³/mol. The number of likely N-dealkylation sites (tertiary alicyclic amines) is 1. The molecular formula is C12H16ClNO. The van der Waals surface area contributed by atoms with E-state index in [1.54, 1.807) is 0 Å². The number of hydrogen-bond acceptors (Lipinski definition) is 2. The Morgan fingerprint density at radius 2 is 2.00 bits per heavy atom. The Bertz CT molecular complexity index is 338. The third-order valence-corrected chi connectivity index (χ3v) is 3.30. The summed E-state index contributed by atoms with van der Waals surface area (Å²) in [6.07, 6.45) is 1.87. The lowest BCUT2D eigenvalue weighted by atomic mass is 9.86. The molecule has 1 heterocycles. The largest absolute Gasteiger partial charge is 0.384 e. The normalized spacial score (nSPS) is 27.9. The summed E-state index contributed by atoms with van der Waals surface area (Å²) in [7, 11) is 2.04. The highest BCUT2D eigenvalue weighted by Crippen LogP contribution is 2.31. The summed E-state index contributed by atoms with van der Waals surface area (Å²) in [6.45, 7) is 1.77. The van der Waals surface area contributed by atoms with E-state index >= 15 is 0 Å². The van der Waals surface area contributed by atoms with Crippen LogP contribution in [0.3, 0.4) is 0 Å². The third kappa shape index (κ3) is 2.33. The molecule has 3 heteroatoms. The van der Waals surface area contributed by atoms with Gasteiger partial charge in [-0.25, -0.2) is 0 Å². The standard InChI is InChI=1S/C12H16ClNO/c1-14-8-2-7-12(15,9-14)10-3-5-11(13)6-4-10/h3-6,15H,2,7-9H2,1H3. The van der Waals surface area contributed by atoms with Crippen LogP contribution in [-0.2, 0) is 5.60 Å². The zero-order valence-electron chi connectivity index (χ0n) is 8.91. The zero-order valence-corrected chi connectivity index (χ0v) is 9.67. The van der Waals surface area contributed by atoms with Gasteiger partial charge < -0.3 is 10.0 Å². The minimum absolute atomic E-state index is 0.697. The molecule has 1 N–H and O–H groups in total. The van der Waals surface area contributed by atoms with Crippen molar-refractivity contribution in [2.24, 2.45) is 0 Å². The second-order valence-electron chi connectivity index (χ2n) is 4.38. The molecule has 0 aliphatic carbocycles. The molecule has 0 amide bonds. The number of likely N-dealkylation sites (N-methyl/N-ethyl adjacent to an activating group) is 1. The summed E-state index contributed by atoms with van der Waals surface area (Å²) < 4.78 is 0. The van der Waals surface area contributed by atoms with E-state index in [4.69, 9.17) is 11.6 Å². The maximum absolute atomic E-state index is 10.5. The van der Waals surface area contributed by atoms with Crippen LogP contribution < -0.4 is 0 Å². The van der Waals surface area contributed by atoms with Crippen molar-refractivity contribution in [1.29, 1.82) is 0 Å². The molecule has 1 saturated heterocycles. The van der Waals surface area contributed by atoms with Gasteiger partial charge in [0.2, 0.25) is 0 Å². The first kappa shape index (κ1) is 10.9. The van der Waals surface area contributed by atoms with E-state index in [2.05, 4.69) is 4.90 Å². The van der Waals surface area contributed by atoms with Gasteiger partial charge in [-0.2, -0.15) is 0 Å². The molecule has 1 unspecified atom stereocenters. The Morgan fingerprint density at radius 1 is 1.33 bits per heavy atom. The Balaban J connectivity index is 2.24. The molecule has 1 fully saturated rings. The topological polar surface area (TPSA) is 23.5 Å². The van der Waals surface area contributed by atoms with Crippen molar-refractivity contribution < 1.29 is 5.11 Å². The number of halogens is 1. The predicted octanol–water partition coefficient (Wildman–Crippen LogP) is 2.25. The highest BCUT2D eigenvalue weighted by atomic mass is 35.5. The van der Waals surface area contributed by atoms with Gasteiger partial charge in [-0.15, -0.1) is 0 Å². The molecular weight excluding hydrogens is 210 g/mol. The van der Waals surface area contributed by atoms with Crippen molar-refractivity contribution in [1.82, 2.24) is 4.90 Å². The summed E-state index contributed by atoms with van der Waals surface area (Å²) in [6, 6.07) is 7.51. The van der Waals surface area contributed by atoms with Crippen LogP contribution in [0.4, 0.5) is 0 Å². The van der Waals surface area contributed by atoms with E-state index in [-0.39, 0.29) is 0 Å². The van der Waals surface area contributed by atoms with Crippen molar-refractivity contribution in [3.63, 3.8) is 0 Å². The van der Waals surface area contributed by atoms with E-state index in [1.807, 2.05) is 31.3 Å². The van der Waals surface area contributed by atoms with Crippen LogP contribution in [0, 0.1) is 0 Å². The number of β-amino-alcohol motifs (C(OH)–C–C–N with tert-alkyl or cyclic N) is 1. The van der Waals surface area contributed by atoms with Gasteiger partial charge in [0.15, 0.2) is 0 Å². The van der Waals surface area contributed by atoms with Crippen molar-refractivity contribution in [2.75, 3.05) is 20.1 Å². The van der Waals surface area contributed by atoms with Gasteiger partial charge in [-0.1, -0.05) is 23.7 Å². The van der Waals surface area contributed by atoms with Crippen LogP contribution in [0.15, 0.2) is 24.3 Å². The monoisotopic (exact) mass is 225 g/mol. The maximum atomic E-state index is 10.5. The van der Waals surface area contributed by atoms with Gasteiger partial charge in [-0.3, -0.25) is 0 Å². The average Bonchev–Trinajstić information content (AvgIpc) is 2.18. The molecule has 15 heavy (non-hydrogen) atoms. The number of piperidine rings is 1. The van der Waals surface area contributed by atoms with Crippen molar-refractivity contribution in [3.8, 4) is 0 Å². The highest BCUT2D eigenvalue weighted by molar-refractivity contribution is 6.30. The summed E-state index contributed by atoms with van der Waals surface area (Å²) in [5.41, 5.74) is 0.274. The van der Waals surface area contributed by atoms with Gasteiger partial charge >= 0.3 is 0 Å². The first-order chi connectivity index (χ1) is 7.10. The molecule has 2 rings (SSSR count). The summed E-state index contributed by atoms with van der Waals surface area (Å²) in [4.78, 5) is 2.16. The van der Waals surface area contributed by atoms with E-state index < -0.39 is 5.60 Å². The van der Waals surface area contributed by atoms with Crippen molar-refractivity contribution >= 4 is 11.6 Å². The van der Waals surface area contributed by atoms with Crippen LogP contribution in [0.2, 0.25) is 5.02 Å². The smallest absolute Gasteiger partial charge is 0.102 e. The summed E-state index contributed by atoms with van der Waals surface area (Å²) >= 11 is 5.83. The molecule has 1 aromatic rings. The molecule has 1 aromatic carbocycles. The second kappa shape index (κ2) is 4.12. The average molecular weight is 226 g/mol. The van der Waals surface area contributed by atoms with E-state index in [9.17, 15) is 5.11 Å². The van der Waals surface area contributed by atoms with Gasteiger partial charge in [0.05, 0.1) is 0 Å². The van der Waals surface area contributed by atoms with Gasteiger partial charge in [-0.05, 0) is 44.1 Å². The Morgan fingerprint density at radius 3 is 2.60 bits per heavy atom. The summed E-state index contributed by atoms with van der Waals surface area (Å²) in [5.74, 6) is 0. The Hall–Kier alpha value is -0.570. The van der Waals surface area contributed by atoms with Gasteiger partial charge in [0.25, 0.3) is 0 Å². The fourth-order valence-corrected chi connectivity index (χ4v) is 2.37. The third-order valence-electron chi connectivity index (χ3n) is 3.04. The van der Waals surface area contributed by atoms with Crippen LogP contribution in [0.1, 0.15) is 18.4 Å². The van der Waals surface area contributed by atoms with E-state index in [0.29, 0.717) is 11.6 Å². The molecule has 1 atom stereocenters. The first-order valence-corrected chi connectivity index (χ1v) is 5.65.